The maximum Gasteiger partial charge on any atom is 0.228 e. The van der Waals surface area contributed by atoms with Crippen molar-refractivity contribution in [3.05, 3.63) is 35.2 Å². The second-order valence-corrected chi connectivity index (χ2v) is 4.77. The molecule has 1 aromatic heterocycles. The number of benzene rings is 1. The second kappa shape index (κ2) is 8.05. The largest absolute Gasteiger partial charge is 0.356 e. The third-order valence-electron chi connectivity index (χ3n) is 2.76. The van der Waals surface area contributed by atoms with Crippen molar-refractivity contribution >= 4 is 17.6 Å². The number of hydrogen-bond donors (Lipinski definition) is 2. The van der Waals surface area contributed by atoms with Gasteiger partial charge in [-0.25, -0.2) is 0 Å². The van der Waals surface area contributed by atoms with E-state index < -0.39 is 0 Å². The predicted molar refractivity (Wildman–Crippen MR) is 86.6 cm³/mol. The quantitative estimate of drug-likeness (QED) is 0.499. The molecule has 2 N–H and O–H groups in total. The molecule has 0 bridgehead atoms. The first kappa shape index (κ1) is 15.9. The standard InChI is InChI=1S/C15H16ClN5O/c1-3-8-18-15(17-2)19-9-7-13-20-14(21-22-13)11-5-4-6-12(16)10-11/h1,4-6,10H,7-9H2,2H3,(H2,17,18,19). The summed E-state index contributed by atoms with van der Waals surface area (Å²) in [5.74, 6) is 4.17. The number of aliphatic imine (C=N–C) groups is 1. The van der Waals surface area contributed by atoms with Gasteiger partial charge in [0.25, 0.3) is 0 Å². The first-order valence-electron chi connectivity index (χ1n) is 6.69. The van der Waals surface area contributed by atoms with Gasteiger partial charge in [-0.2, -0.15) is 4.98 Å². The van der Waals surface area contributed by atoms with Crippen LogP contribution in [-0.2, 0) is 6.42 Å². The number of halogens is 1. The van der Waals surface area contributed by atoms with Crippen LogP contribution in [0.5, 0.6) is 0 Å². The molecule has 0 aliphatic heterocycles. The number of nitrogens with zero attached hydrogens (tertiary/aromatic N) is 3. The van der Waals surface area contributed by atoms with Crippen LogP contribution in [-0.4, -0.2) is 36.2 Å². The van der Waals surface area contributed by atoms with Gasteiger partial charge in [0.05, 0.1) is 6.54 Å². The van der Waals surface area contributed by atoms with Crippen molar-refractivity contribution in [1.29, 1.82) is 0 Å². The Labute approximate surface area is 134 Å². The first-order chi connectivity index (χ1) is 10.7. The zero-order valence-corrected chi connectivity index (χ0v) is 12.9. The smallest absolute Gasteiger partial charge is 0.228 e. The summed E-state index contributed by atoms with van der Waals surface area (Å²) in [6.07, 6.45) is 5.76. The molecule has 0 amide bonds. The summed E-state index contributed by atoms with van der Waals surface area (Å²) in [6.45, 7) is 1.01. The van der Waals surface area contributed by atoms with Crippen LogP contribution in [0.1, 0.15) is 5.89 Å². The van der Waals surface area contributed by atoms with Crippen LogP contribution in [0.25, 0.3) is 11.4 Å². The van der Waals surface area contributed by atoms with Gasteiger partial charge in [-0.1, -0.05) is 34.8 Å². The fraction of sp³-hybridized carbons (Fsp3) is 0.267. The zero-order valence-electron chi connectivity index (χ0n) is 12.1. The lowest BCUT2D eigenvalue weighted by Crippen LogP contribution is -2.38. The Morgan fingerprint density at radius 3 is 3.05 bits per heavy atom. The van der Waals surface area contributed by atoms with Crippen LogP contribution in [0.2, 0.25) is 5.02 Å². The fourth-order valence-electron chi connectivity index (χ4n) is 1.74. The minimum absolute atomic E-state index is 0.416. The SMILES string of the molecule is C#CCNC(=NC)NCCc1nc(-c2cccc(Cl)c2)no1. The summed E-state index contributed by atoms with van der Waals surface area (Å²) in [4.78, 5) is 8.37. The molecule has 7 heteroatoms. The molecule has 0 fully saturated rings. The Kier molecular flexibility index (Phi) is 5.81. The maximum atomic E-state index is 5.95. The highest BCUT2D eigenvalue weighted by atomic mass is 35.5. The summed E-state index contributed by atoms with van der Waals surface area (Å²) in [5, 5.41) is 10.7. The molecule has 1 aromatic carbocycles. The topological polar surface area (TPSA) is 75.3 Å². The highest BCUT2D eigenvalue weighted by Crippen LogP contribution is 2.19. The Morgan fingerprint density at radius 2 is 2.32 bits per heavy atom. The molecule has 0 saturated carbocycles. The molecule has 0 radical (unpaired) electrons. The average molecular weight is 318 g/mol. The molecule has 0 aliphatic rings. The molecule has 6 nitrogen and oxygen atoms in total. The summed E-state index contributed by atoms with van der Waals surface area (Å²) < 4.78 is 5.22. The van der Waals surface area contributed by atoms with Gasteiger partial charge < -0.3 is 15.2 Å². The molecular formula is C15H16ClN5O. The minimum atomic E-state index is 0.416. The van der Waals surface area contributed by atoms with Crippen molar-refractivity contribution in [1.82, 2.24) is 20.8 Å². The van der Waals surface area contributed by atoms with Gasteiger partial charge in [-0.15, -0.1) is 6.42 Å². The summed E-state index contributed by atoms with van der Waals surface area (Å²) >= 11 is 5.95. The molecule has 0 unspecified atom stereocenters. The summed E-state index contributed by atoms with van der Waals surface area (Å²) in [6, 6.07) is 7.31. The van der Waals surface area contributed by atoms with E-state index >= 15 is 0 Å². The van der Waals surface area contributed by atoms with Crippen LogP contribution >= 0.6 is 11.6 Å². The van der Waals surface area contributed by atoms with Crippen LogP contribution in [0.3, 0.4) is 0 Å². The van der Waals surface area contributed by atoms with E-state index in [2.05, 4.69) is 31.7 Å². The van der Waals surface area contributed by atoms with Crippen LogP contribution in [0.15, 0.2) is 33.8 Å². The molecule has 1 heterocycles. The van der Waals surface area contributed by atoms with Gasteiger partial charge >= 0.3 is 0 Å². The average Bonchev–Trinajstić information content (AvgIpc) is 2.99. The maximum absolute atomic E-state index is 5.95. The molecule has 0 atom stereocenters. The van der Waals surface area contributed by atoms with Crippen molar-refractivity contribution in [2.45, 2.75) is 6.42 Å². The van der Waals surface area contributed by atoms with E-state index in [9.17, 15) is 0 Å². The molecule has 2 aromatic rings. The summed E-state index contributed by atoms with van der Waals surface area (Å²) in [5.41, 5.74) is 0.821. The number of rotatable bonds is 5. The highest BCUT2D eigenvalue weighted by molar-refractivity contribution is 6.30. The van der Waals surface area contributed by atoms with E-state index in [0.717, 1.165) is 5.56 Å². The van der Waals surface area contributed by atoms with Crippen molar-refractivity contribution in [3.8, 4) is 23.7 Å². The number of guanidine groups is 1. The van der Waals surface area contributed by atoms with Crippen molar-refractivity contribution in [3.63, 3.8) is 0 Å². The van der Waals surface area contributed by atoms with E-state index in [4.69, 9.17) is 22.5 Å². The normalized spacial score (nSPS) is 11.0. The van der Waals surface area contributed by atoms with E-state index in [1.54, 1.807) is 19.2 Å². The molecule has 22 heavy (non-hydrogen) atoms. The molecule has 0 saturated heterocycles. The predicted octanol–water partition coefficient (Wildman–Crippen LogP) is 1.73. The van der Waals surface area contributed by atoms with Crippen LogP contribution in [0.4, 0.5) is 0 Å². The second-order valence-electron chi connectivity index (χ2n) is 4.33. The van der Waals surface area contributed by atoms with Crippen LogP contribution < -0.4 is 10.6 Å². The van der Waals surface area contributed by atoms with E-state index in [0.29, 0.717) is 42.2 Å². The van der Waals surface area contributed by atoms with Crippen molar-refractivity contribution in [2.24, 2.45) is 4.99 Å². The Morgan fingerprint density at radius 1 is 1.45 bits per heavy atom. The molecular weight excluding hydrogens is 302 g/mol. The van der Waals surface area contributed by atoms with Gasteiger partial charge in [0.15, 0.2) is 5.96 Å². The Balaban J connectivity index is 1.89. The van der Waals surface area contributed by atoms with Gasteiger partial charge in [-0.3, -0.25) is 4.99 Å². The van der Waals surface area contributed by atoms with Gasteiger partial charge in [0.2, 0.25) is 11.7 Å². The molecule has 0 aliphatic carbocycles. The van der Waals surface area contributed by atoms with Crippen molar-refractivity contribution < 1.29 is 4.52 Å². The van der Waals surface area contributed by atoms with E-state index in [1.807, 2.05) is 12.1 Å². The number of nitrogens with one attached hydrogen (secondary N) is 2. The molecule has 114 valence electrons. The van der Waals surface area contributed by atoms with Gasteiger partial charge in [0, 0.05) is 30.6 Å². The van der Waals surface area contributed by atoms with Crippen LogP contribution in [0, 0.1) is 12.3 Å². The fourth-order valence-corrected chi connectivity index (χ4v) is 1.93. The third-order valence-corrected chi connectivity index (χ3v) is 3.00. The lowest BCUT2D eigenvalue weighted by Gasteiger charge is -2.08. The third kappa shape index (κ3) is 4.50. The minimum Gasteiger partial charge on any atom is -0.356 e. The Bertz CT molecular complexity index is 689. The van der Waals surface area contributed by atoms with Gasteiger partial charge in [0.1, 0.15) is 0 Å². The molecule has 2 rings (SSSR count). The lowest BCUT2D eigenvalue weighted by atomic mass is 10.2. The summed E-state index contributed by atoms with van der Waals surface area (Å²) in [7, 11) is 1.68. The Hall–Kier alpha value is -2.52. The number of hydrogen-bond acceptors (Lipinski definition) is 4. The molecule has 0 spiro atoms. The number of aromatic nitrogens is 2. The van der Waals surface area contributed by atoms with Crippen molar-refractivity contribution in [2.75, 3.05) is 20.1 Å². The number of terminal acetylenes is 1. The first-order valence-corrected chi connectivity index (χ1v) is 7.07. The monoisotopic (exact) mass is 317 g/mol. The van der Waals surface area contributed by atoms with Gasteiger partial charge in [-0.05, 0) is 12.1 Å². The zero-order chi connectivity index (χ0) is 15.8. The van der Waals surface area contributed by atoms with E-state index in [1.165, 1.54) is 0 Å². The lowest BCUT2D eigenvalue weighted by molar-refractivity contribution is 0.378. The highest BCUT2D eigenvalue weighted by Gasteiger charge is 2.09. The van der Waals surface area contributed by atoms with E-state index in [-0.39, 0.29) is 0 Å².